The topological polar surface area (TPSA) is 106 Å². The van der Waals surface area contributed by atoms with Gasteiger partial charge in [0.1, 0.15) is 11.5 Å². The SMILES string of the molecule is C=C1N(c2c(F)c(OC)cc(OC)c2F)Cc2cnc3[nH]ncc3c2N1C1=NNN(C)N1. The molecule has 3 aromatic rings. The molecule has 0 unspecified atom stereocenters. The van der Waals surface area contributed by atoms with E-state index in [-0.39, 0.29) is 29.6 Å². The van der Waals surface area contributed by atoms with Gasteiger partial charge in [0.25, 0.3) is 0 Å². The van der Waals surface area contributed by atoms with Crippen LogP contribution in [0.3, 0.4) is 0 Å². The minimum Gasteiger partial charge on any atom is -0.493 e. The minimum atomic E-state index is -0.885. The molecule has 0 bridgehead atoms. The number of H-pyrrole nitrogens is 1. The maximum atomic E-state index is 15.3. The second kappa shape index (κ2) is 7.23. The number of hydrogen-bond donors (Lipinski definition) is 3. The number of guanidine groups is 1. The Morgan fingerprint density at radius 3 is 2.44 bits per heavy atom. The first-order valence-corrected chi connectivity index (χ1v) is 9.45. The molecule has 0 radical (unpaired) electrons. The molecular weight excluding hydrogens is 424 g/mol. The van der Waals surface area contributed by atoms with E-state index in [0.29, 0.717) is 28.2 Å². The molecule has 32 heavy (non-hydrogen) atoms. The quantitative estimate of drug-likeness (QED) is 0.559. The van der Waals surface area contributed by atoms with Crippen LogP contribution in [0.5, 0.6) is 11.5 Å². The summed E-state index contributed by atoms with van der Waals surface area (Å²) in [6.45, 7) is 4.21. The second-order valence-corrected chi connectivity index (χ2v) is 7.07. The number of nitrogens with one attached hydrogen (secondary N) is 3. The Bertz CT molecular complexity index is 1250. The van der Waals surface area contributed by atoms with Crippen LogP contribution in [0.25, 0.3) is 11.0 Å². The highest BCUT2D eigenvalue weighted by molar-refractivity contribution is 6.08. The highest BCUT2D eigenvalue weighted by Gasteiger charge is 2.37. The van der Waals surface area contributed by atoms with Gasteiger partial charge in [0, 0.05) is 24.9 Å². The first-order valence-electron chi connectivity index (χ1n) is 9.45. The van der Waals surface area contributed by atoms with Crippen molar-refractivity contribution in [2.24, 2.45) is 5.10 Å². The Labute approximate surface area is 180 Å². The average molecular weight is 443 g/mol. The van der Waals surface area contributed by atoms with E-state index in [1.54, 1.807) is 24.3 Å². The summed E-state index contributed by atoms with van der Waals surface area (Å²) in [5.74, 6) is -1.52. The van der Waals surface area contributed by atoms with Gasteiger partial charge in [0.15, 0.2) is 28.8 Å². The third kappa shape index (κ3) is 2.78. The van der Waals surface area contributed by atoms with Gasteiger partial charge in [-0.1, -0.05) is 6.58 Å². The average Bonchev–Trinajstić information content (AvgIpc) is 3.43. The van der Waals surface area contributed by atoms with Gasteiger partial charge >= 0.3 is 0 Å². The zero-order chi connectivity index (χ0) is 22.6. The maximum absolute atomic E-state index is 15.3. The van der Waals surface area contributed by atoms with Crippen molar-refractivity contribution in [1.82, 2.24) is 31.3 Å². The third-order valence-electron chi connectivity index (χ3n) is 5.26. The maximum Gasteiger partial charge on any atom is 0.244 e. The molecule has 0 aliphatic carbocycles. The van der Waals surface area contributed by atoms with Crippen LogP contribution in [0.15, 0.2) is 36.0 Å². The lowest BCUT2D eigenvalue weighted by molar-refractivity contribution is 0.231. The molecule has 11 nitrogen and oxygen atoms in total. The van der Waals surface area contributed by atoms with E-state index in [4.69, 9.17) is 9.47 Å². The summed E-state index contributed by atoms with van der Waals surface area (Å²) in [4.78, 5) is 7.39. The van der Waals surface area contributed by atoms with Gasteiger partial charge in [0.05, 0.1) is 38.0 Å². The number of benzene rings is 1. The van der Waals surface area contributed by atoms with Crippen molar-refractivity contribution in [2.75, 3.05) is 31.1 Å². The summed E-state index contributed by atoms with van der Waals surface area (Å²) in [7, 11) is 4.31. The number of aromatic nitrogens is 3. The molecule has 0 spiro atoms. The van der Waals surface area contributed by atoms with Crippen molar-refractivity contribution in [2.45, 2.75) is 6.54 Å². The smallest absolute Gasteiger partial charge is 0.244 e. The summed E-state index contributed by atoms with van der Waals surface area (Å²) in [5.41, 5.74) is 7.32. The molecule has 1 aromatic carbocycles. The molecule has 2 aliphatic heterocycles. The Morgan fingerprint density at radius 2 is 1.81 bits per heavy atom. The van der Waals surface area contributed by atoms with Gasteiger partial charge < -0.3 is 14.4 Å². The molecule has 0 atom stereocenters. The summed E-state index contributed by atoms with van der Waals surface area (Å²) < 4.78 is 40.9. The Kier molecular flexibility index (Phi) is 4.48. The predicted octanol–water partition coefficient (Wildman–Crippen LogP) is 1.78. The number of ether oxygens (including phenoxy) is 2. The number of hydrogen-bond acceptors (Lipinski definition) is 10. The van der Waals surface area contributed by atoms with E-state index in [2.05, 4.69) is 37.8 Å². The summed E-state index contributed by atoms with van der Waals surface area (Å²) in [6, 6.07) is 1.16. The van der Waals surface area contributed by atoms with Gasteiger partial charge in [-0.05, 0) is 0 Å². The van der Waals surface area contributed by atoms with Crippen molar-refractivity contribution < 1.29 is 18.3 Å². The van der Waals surface area contributed by atoms with Crippen LogP contribution in [-0.2, 0) is 6.54 Å². The monoisotopic (exact) mass is 443 g/mol. The normalized spacial score (nSPS) is 16.0. The summed E-state index contributed by atoms with van der Waals surface area (Å²) in [5, 5.41) is 13.4. The number of hydrazone groups is 1. The van der Waals surface area contributed by atoms with Crippen LogP contribution in [-0.4, -0.2) is 47.5 Å². The molecule has 0 fully saturated rings. The Balaban J connectivity index is 1.73. The van der Waals surface area contributed by atoms with E-state index in [9.17, 15) is 0 Å². The number of aromatic amines is 1. The Hall–Kier alpha value is -4.13. The fraction of sp³-hybridized carbons (Fsp3) is 0.211. The van der Waals surface area contributed by atoms with Crippen LogP contribution in [0, 0.1) is 11.6 Å². The van der Waals surface area contributed by atoms with E-state index in [0.717, 1.165) is 6.07 Å². The Morgan fingerprint density at radius 1 is 1.09 bits per heavy atom. The van der Waals surface area contributed by atoms with Crippen LogP contribution in [0.1, 0.15) is 5.56 Å². The molecule has 5 rings (SSSR count). The molecule has 0 saturated heterocycles. The fourth-order valence-corrected chi connectivity index (χ4v) is 3.79. The molecule has 166 valence electrons. The summed E-state index contributed by atoms with van der Waals surface area (Å²) >= 11 is 0. The fourth-order valence-electron chi connectivity index (χ4n) is 3.79. The number of methoxy groups -OCH3 is 2. The third-order valence-corrected chi connectivity index (χ3v) is 5.26. The highest BCUT2D eigenvalue weighted by atomic mass is 19.1. The van der Waals surface area contributed by atoms with Crippen LogP contribution >= 0.6 is 0 Å². The van der Waals surface area contributed by atoms with Crippen LogP contribution in [0.4, 0.5) is 20.2 Å². The minimum absolute atomic E-state index is 0.0828. The first kappa shape index (κ1) is 19.8. The molecule has 3 N–H and O–H groups in total. The van der Waals surface area contributed by atoms with Crippen molar-refractivity contribution in [3.05, 3.63) is 48.1 Å². The van der Waals surface area contributed by atoms with Gasteiger partial charge in [0.2, 0.25) is 5.96 Å². The largest absolute Gasteiger partial charge is 0.493 e. The molecule has 0 saturated carbocycles. The lowest BCUT2D eigenvalue weighted by Crippen LogP contribution is -2.50. The van der Waals surface area contributed by atoms with Gasteiger partial charge in [-0.25, -0.2) is 19.3 Å². The number of halogens is 2. The number of fused-ring (bicyclic) bond motifs is 3. The zero-order valence-corrected chi connectivity index (χ0v) is 17.4. The lowest BCUT2D eigenvalue weighted by Gasteiger charge is -2.40. The predicted molar refractivity (Wildman–Crippen MR) is 113 cm³/mol. The van der Waals surface area contributed by atoms with Crippen LogP contribution in [0.2, 0.25) is 0 Å². The van der Waals surface area contributed by atoms with Gasteiger partial charge in [-0.3, -0.25) is 15.4 Å². The van der Waals surface area contributed by atoms with E-state index in [1.165, 1.54) is 24.2 Å². The lowest BCUT2D eigenvalue weighted by atomic mass is 10.1. The first-order chi connectivity index (χ1) is 15.4. The number of rotatable bonds is 3. The number of anilines is 2. The van der Waals surface area contributed by atoms with Gasteiger partial charge in [-0.2, -0.15) is 5.10 Å². The molecule has 13 heteroatoms. The zero-order valence-electron chi connectivity index (χ0n) is 17.4. The molecule has 2 aliphatic rings. The number of pyridine rings is 1. The van der Waals surface area contributed by atoms with E-state index in [1.807, 2.05) is 0 Å². The van der Waals surface area contributed by atoms with Gasteiger partial charge in [-0.15, -0.1) is 10.2 Å². The van der Waals surface area contributed by atoms with Crippen molar-refractivity contribution in [1.29, 1.82) is 0 Å². The molecular formula is C19H19F2N9O2. The highest BCUT2D eigenvalue weighted by Crippen LogP contribution is 2.44. The molecule has 4 heterocycles. The van der Waals surface area contributed by atoms with Crippen molar-refractivity contribution in [3.63, 3.8) is 0 Å². The van der Waals surface area contributed by atoms with E-state index < -0.39 is 11.6 Å². The van der Waals surface area contributed by atoms with Crippen molar-refractivity contribution >= 4 is 28.4 Å². The van der Waals surface area contributed by atoms with E-state index >= 15 is 8.78 Å². The summed E-state index contributed by atoms with van der Waals surface area (Å²) in [6.07, 6.45) is 3.24. The molecule has 2 aromatic heterocycles. The van der Waals surface area contributed by atoms with Crippen LogP contribution < -0.4 is 30.2 Å². The second-order valence-electron chi connectivity index (χ2n) is 7.07. The standard InChI is InChI=1S/C19H19F2N9O2/c1-9-29(17-14(20)12(31-3)5-13(32-4)15(17)21)8-10-6-22-18-11(7-23-24-18)16(10)30(9)19-25-27-28(2)26-19/h5-7,27H,1,8H2,2-4H3,(H,25,26)(H,22,23,24). The number of nitrogens with zero attached hydrogens (tertiary/aromatic N) is 6. The van der Waals surface area contributed by atoms with Crippen molar-refractivity contribution in [3.8, 4) is 11.5 Å². The number of hydrazine groups is 2. The molecule has 0 amide bonds.